The standard InChI is InChI=1S/C29H38F2N5O9PS/c1-3-35-12-11-18-6-8-21(25(38)33-19(28(41)42)7-10-24(32)37)36(18)27(40)20(15-35)34-26(39)23-14-16-13-17(5-9-22(16)47-23)29(30,31)46(43,44)45-4-2/h5,9,13-14,18-21H,3-4,6-8,10-12,15H2,1-2H3,(H2,32,37)(H,33,38)(H,34,39)(H,41,42)(H,43,44)/t18-,19+,20+,21+/m1/s1. The molecule has 4 rings (SSSR count). The van der Waals surface area contributed by atoms with E-state index >= 15 is 0 Å². The molecule has 1 aromatic carbocycles. The van der Waals surface area contributed by atoms with Gasteiger partial charge in [0.1, 0.15) is 18.1 Å². The fourth-order valence-electron chi connectivity index (χ4n) is 5.89. The van der Waals surface area contributed by atoms with Crippen LogP contribution in [0.5, 0.6) is 0 Å². The first kappa shape index (κ1) is 36.3. The summed E-state index contributed by atoms with van der Waals surface area (Å²) in [5.74, 6) is -3.95. The number of likely N-dealkylation sites (N-methyl/N-ethyl adjacent to an activating group) is 1. The number of hydrogen-bond donors (Lipinski definition) is 5. The lowest BCUT2D eigenvalue weighted by molar-refractivity contribution is -0.146. The summed E-state index contributed by atoms with van der Waals surface area (Å²) in [5.41, 5.74) is 0.179. The molecule has 2 aliphatic heterocycles. The average molecular weight is 702 g/mol. The number of carboxylic acid groups (broad SMARTS) is 1. The zero-order valence-corrected chi connectivity index (χ0v) is 27.5. The Balaban J connectivity index is 1.56. The number of alkyl halides is 2. The van der Waals surface area contributed by atoms with E-state index in [9.17, 15) is 47.3 Å². The van der Waals surface area contributed by atoms with Crippen LogP contribution in [0.3, 0.4) is 0 Å². The molecule has 1 unspecified atom stereocenters. The molecule has 2 fully saturated rings. The van der Waals surface area contributed by atoms with Crippen LogP contribution in [0, 0.1) is 0 Å². The summed E-state index contributed by atoms with van der Waals surface area (Å²) in [6.07, 6.45) is 0.830. The molecule has 258 valence electrons. The Hall–Kier alpha value is -3.50. The molecule has 14 nitrogen and oxygen atoms in total. The lowest BCUT2D eigenvalue weighted by atomic mass is 10.1. The second kappa shape index (κ2) is 14.7. The normalized spacial score (nSPS) is 22.5. The minimum absolute atomic E-state index is 0.0985. The Kier molecular flexibility index (Phi) is 11.4. The Labute approximate surface area is 273 Å². The Morgan fingerprint density at radius 1 is 1.19 bits per heavy atom. The van der Waals surface area contributed by atoms with Crippen LogP contribution in [-0.2, 0) is 33.9 Å². The molecule has 3 heterocycles. The third-order valence-electron chi connectivity index (χ3n) is 8.37. The summed E-state index contributed by atoms with van der Waals surface area (Å²) in [7, 11) is -5.33. The number of nitrogens with one attached hydrogen (secondary N) is 2. The summed E-state index contributed by atoms with van der Waals surface area (Å²) in [6.45, 7) is 4.09. The zero-order chi connectivity index (χ0) is 34.7. The highest BCUT2D eigenvalue weighted by molar-refractivity contribution is 7.53. The molecule has 2 aromatic rings. The maximum absolute atomic E-state index is 14.8. The first-order chi connectivity index (χ1) is 22.1. The van der Waals surface area contributed by atoms with Crippen molar-refractivity contribution >= 4 is 58.6 Å². The molecule has 0 saturated carbocycles. The Morgan fingerprint density at radius 2 is 1.91 bits per heavy atom. The molecule has 0 radical (unpaired) electrons. The van der Waals surface area contributed by atoms with Crippen molar-refractivity contribution < 1.29 is 51.8 Å². The molecule has 6 N–H and O–H groups in total. The predicted molar refractivity (Wildman–Crippen MR) is 167 cm³/mol. The van der Waals surface area contributed by atoms with Crippen molar-refractivity contribution in [3.63, 3.8) is 0 Å². The van der Waals surface area contributed by atoms with E-state index in [-0.39, 0.29) is 42.1 Å². The molecule has 47 heavy (non-hydrogen) atoms. The van der Waals surface area contributed by atoms with E-state index in [0.29, 0.717) is 30.6 Å². The van der Waals surface area contributed by atoms with Crippen molar-refractivity contribution in [3.8, 4) is 0 Å². The van der Waals surface area contributed by atoms with Gasteiger partial charge in [0.05, 0.1) is 11.5 Å². The summed E-state index contributed by atoms with van der Waals surface area (Å²) < 4.78 is 46.7. The van der Waals surface area contributed by atoms with Crippen LogP contribution in [0.4, 0.5) is 8.78 Å². The maximum Gasteiger partial charge on any atom is 0.401 e. The number of amides is 4. The molecular formula is C29H38F2N5O9PS. The fraction of sp³-hybridized carbons (Fsp3) is 0.552. The first-order valence-electron chi connectivity index (χ1n) is 15.2. The van der Waals surface area contributed by atoms with Gasteiger partial charge in [0, 0.05) is 35.8 Å². The third-order valence-corrected chi connectivity index (χ3v) is 11.1. The van der Waals surface area contributed by atoms with Gasteiger partial charge in [-0.05, 0) is 62.7 Å². The predicted octanol–water partition coefficient (Wildman–Crippen LogP) is 2.19. The molecule has 1 aromatic heterocycles. The summed E-state index contributed by atoms with van der Waals surface area (Å²) in [6, 6.07) is 0.816. The van der Waals surface area contributed by atoms with Crippen molar-refractivity contribution in [2.24, 2.45) is 5.73 Å². The van der Waals surface area contributed by atoms with E-state index in [4.69, 9.17) is 5.73 Å². The van der Waals surface area contributed by atoms with Crippen LogP contribution in [-0.4, -0.2) is 99.8 Å². The number of fused-ring (bicyclic) bond motifs is 2. The van der Waals surface area contributed by atoms with E-state index in [1.807, 2.05) is 11.8 Å². The lowest BCUT2D eigenvalue weighted by Crippen LogP contribution is -2.61. The number of carboxylic acids is 1. The van der Waals surface area contributed by atoms with Crippen LogP contribution in [0.15, 0.2) is 24.3 Å². The summed E-state index contributed by atoms with van der Waals surface area (Å²) >= 11 is 0.978. The molecule has 18 heteroatoms. The third kappa shape index (κ3) is 7.97. The number of thiophene rings is 1. The monoisotopic (exact) mass is 701 g/mol. The molecule has 4 amide bonds. The van der Waals surface area contributed by atoms with E-state index in [1.165, 1.54) is 24.0 Å². The Bertz CT molecular complexity index is 1590. The molecule has 2 aliphatic rings. The SMILES string of the molecule is CCOP(=O)(O)C(F)(F)c1ccc2sc(C(=O)N[C@H]3CN(CC)CC[C@H]4CC[C@@H](C(=O)N[C@@H](CCC(N)=O)C(=O)O)N4C3=O)cc2c1. The van der Waals surface area contributed by atoms with Crippen LogP contribution in [0.25, 0.3) is 10.1 Å². The van der Waals surface area contributed by atoms with Crippen LogP contribution in [0.1, 0.15) is 61.2 Å². The van der Waals surface area contributed by atoms with Gasteiger partial charge in [-0.15, -0.1) is 11.3 Å². The highest BCUT2D eigenvalue weighted by Crippen LogP contribution is 2.63. The largest absolute Gasteiger partial charge is 0.480 e. The second-order valence-corrected chi connectivity index (χ2v) is 14.4. The topological polar surface area (TPSA) is 209 Å². The number of rotatable bonds is 13. The van der Waals surface area contributed by atoms with Crippen molar-refractivity contribution in [2.75, 3.05) is 26.2 Å². The Morgan fingerprint density at radius 3 is 2.55 bits per heavy atom. The van der Waals surface area contributed by atoms with Gasteiger partial charge in [-0.2, -0.15) is 8.78 Å². The highest BCUT2D eigenvalue weighted by atomic mass is 32.1. The van der Waals surface area contributed by atoms with Crippen molar-refractivity contribution in [2.45, 2.75) is 75.8 Å². The quantitative estimate of drug-likeness (QED) is 0.192. The van der Waals surface area contributed by atoms with E-state index in [2.05, 4.69) is 15.2 Å². The molecule has 0 bridgehead atoms. The number of carbonyl (C=O) groups is 5. The van der Waals surface area contributed by atoms with Gasteiger partial charge in [-0.3, -0.25) is 23.7 Å². The van der Waals surface area contributed by atoms with E-state index < -0.39 is 73.2 Å². The van der Waals surface area contributed by atoms with E-state index in [1.54, 1.807) is 0 Å². The summed E-state index contributed by atoms with van der Waals surface area (Å²) in [5, 5.41) is 14.9. The minimum Gasteiger partial charge on any atom is -0.480 e. The fourth-order valence-corrected chi connectivity index (χ4v) is 7.82. The smallest absolute Gasteiger partial charge is 0.401 e. The van der Waals surface area contributed by atoms with Gasteiger partial charge in [0.15, 0.2) is 0 Å². The van der Waals surface area contributed by atoms with Gasteiger partial charge in [-0.1, -0.05) is 13.0 Å². The van der Waals surface area contributed by atoms with Gasteiger partial charge in [0.2, 0.25) is 17.7 Å². The van der Waals surface area contributed by atoms with Gasteiger partial charge in [0.25, 0.3) is 5.91 Å². The van der Waals surface area contributed by atoms with Crippen LogP contribution in [0.2, 0.25) is 0 Å². The lowest BCUT2D eigenvalue weighted by Gasteiger charge is -2.38. The number of halogens is 2. The molecule has 0 aliphatic carbocycles. The van der Waals surface area contributed by atoms with Crippen molar-refractivity contribution in [1.29, 1.82) is 0 Å². The van der Waals surface area contributed by atoms with Crippen molar-refractivity contribution in [1.82, 2.24) is 20.4 Å². The number of primary amides is 1. The highest BCUT2D eigenvalue weighted by Gasteiger charge is 2.52. The number of carbonyl (C=O) groups excluding carboxylic acids is 4. The second-order valence-electron chi connectivity index (χ2n) is 11.4. The molecular weight excluding hydrogens is 663 g/mol. The minimum atomic E-state index is -5.33. The van der Waals surface area contributed by atoms with Gasteiger partial charge < -0.3 is 40.7 Å². The zero-order valence-electron chi connectivity index (χ0n) is 25.8. The number of aliphatic carboxylic acids is 1. The van der Waals surface area contributed by atoms with E-state index in [0.717, 1.165) is 23.5 Å². The maximum atomic E-state index is 14.8. The number of nitrogens with zero attached hydrogens (tertiary/aromatic N) is 2. The number of hydrogen-bond acceptors (Lipinski definition) is 9. The van der Waals surface area contributed by atoms with Gasteiger partial charge in [-0.25, -0.2) is 4.79 Å². The number of nitrogens with two attached hydrogens (primary N) is 1. The average Bonchev–Trinajstić information content (AvgIpc) is 3.63. The molecule has 2 saturated heterocycles. The van der Waals surface area contributed by atoms with Crippen LogP contribution >= 0.6 is 18.9 Å². The summed E-state index contributed by atoms with van der Waals surface area (Å²) in [4.78, 5) is 77.0. The first-order valence-corrected chi connectivity index (χ1v) is 17.5. The van der Waals surface area contributed by atoms with Crippen LogP contribution < -0.4 is 16.4 Å². The molecule has 5 atom stereocenters. The van der Waals surface area contributed by atoms with Crippen molar-refractivity contribution in [3.05, 3.63) is 34.7 Å². The van der Waals surface area contributed by atoms with Gasteiger partial charge >= 0.3 is 19.2 Å². The molecule has 0 spiro atoms. The number of benzene rings is 1.